The van der Waals surface area contributed by atoms with Crippen LogP contribution in [-0.2, 0) is 14.3 Å². The van der Waals surface area contributed by atoms with Gasteiger partial charge in [0.25, 0.3) is 0 Å². The molecule has 0 bridgehead atoms. The van der Waals surface area contributed by atoms with E-state index >= 15 is 0 Å². The third-order valence-corrected chi connectivity index (χ3v) is 3.34. The van der Waals surface area contributed by atoms with Crippen molar-refractivity contribution in [1.29, 1.82) is 0 Å². The Bertz CT molecular complexity index is 190. The highest BCUT2D eigenvalue weighted by Crippen LogP contribution is 2.14. The number of hydrogen-bond acceptors (Lipinski definition) is 5. The second-order valence-electron chi connectivity index (χ2n) is 3.35. The Morgan fingerprint density at radius 2 is 2.20 bits per heavy atom. The first kappa shape index (κ1) is 14.7. The molecule has 90 valence electrons. The number of rotatable bonds is 8. The molecule has 0 aliphatic carbocycles. The summed E-state index contributed by atoms with van der Waals surface area (Å²) in [5.74, 6) is 1.37. The van der Waals surface area contributed by atoms with Crippen LogP contribution in [0.4, 0.5) is 0 Å². The summed E-state index contributed by atoms with van der Waals surface area (Å²) < 4.78 is 9.95. The van der Waals surface area contributed by atoms with E-state index in [1.807, 2.05) is 13.8 Å². The zero-order valence-corrected chi connectivity index (χ0v) is 10.8. The van der Waals surface area contributed by atoms with Gasteiger partial charge in [0.2, 0.25) is 0 Å². The Hall–Kier alpha value is -0.260. The number of nitrogens with one attached hydrogen (secondary N) is 1. The van der Waals surface area contributed by atoms with E-state index in [-0.39, 0.29) is 5.97 Å². The van der Waals surface area contributed by atoms with E-state index in [2.05, 4.69) is 5.32 Å². The van der Waals surface area contributed by atoms with E-state index in [1.165, 1.54) is 0 Å². The van der Waals surface area contributed by atoms with Crippen molar-refractivity contribution < 1.29 is 14.3 Å². The second-order valence-corrected chi connectivity index (χ2v) is 4.45. The van der Waals surface area contributed by atoms with Gasteiger partial charge in [0.1, 0.15) is 5.54 Å². The van der Waals surface area contributed by atoms with Crippen LogP contribution in [0.1, 0.15) is 13.8 Å². The first-order valence-corrected chi connectivity index (χ1v) is 6.19. The van der Waals surface area contributed by atoms with Crippen LogP contribution in [0.3, 0.4) is 0 Å². The van der Waals surface area contributed by atoms with Crippen molar-refractivity contribution in [2.45, 2.75) is 19.4 Å². The lowest BCUT2D eigenvalue weighted by Gasteiger charge is -2.26. The van der Waals surface area contributed by atoms with Gasteiger partial charge in [-0.2, -0.15) is 11.8 Å². The Morgan fingerprint density at radius 3 is 2.67 bits per heavy atom. The van der Waals surface area contributed by atoms with E-state index in [0.717, 1.165) is 5.75 Å². The van der Waals surface area contributed by atoms with E-state index in [1.54, 1.807) is 25.9 Å². The first-order chi connectivity index (χ1) is 7.10. The number of esters is 1. The maximum Gasteiger partial charge on any atom is 0.326 e. The van der Waals surface area contributed by atoms with Crippen molar-refractivity contribution in [3.05, 3.63) is 0 Å². The molecule has 0 saturated carbocycles. The van der Waals surface area contributed by atoms with Crippen molar-refractivity contribution in [2.24, 2.45) is 0 Å². The van der Waals surface area contributed by atoms with Gasteiger partial charge in [0, 0.05) is 18.6 Å². The minimum absolute atomic E-state index is 0.197. The van der Waals surface area contributed by atoms with E-state index in [0.29, 0.717) is 19.0 Å². The molecule has 0 aromatic carbocycles. The molecule has 0 aliphatic rings. The molecule has 1 unspecified atom stereocenters. The number of carbonyl (C=O) groups excluding carboxylic acids is 1. The summed E-state index contributed by atoms with van der Waals surface area (Å²) in [5, 5.41) is 3.00. The van der Waals surface area contributed by atoms with Crippen LogP contribution in [0.2, 0.25) is 0 Å². The average Bonchev–Trinajstić information content (AvgIpc) is 2.24. The fourth-order valence-electron chi connectivity index (χ4n) is 0.942. The van der Waals surface area contributed by atoms with Gasteiger partial charge < -0.3 is 14.8 Å². The maximum absolute atomic E-state index is 11.6. The van der Waals surface area contributed by atoms with Crippen molar-refractivity contribution in [3.8, 4) is 0 Å². The third kappa shape index (κ3) is 5.39. The molecular weight excluding hydrogens is 214 g/mol. The van der Waals surface area contributed by atoms with Gasteiger partial charge in [-0.1, -0.05) is 0 Å². The van der Waals surface area contributed by atoms with Gasteiger partial charge in [0.15, 0.2) is 0 Å². The Kier molecular flexibility index (Phi) is 7.82. The number of likely N-dealkylation sites (N-methyl/N-ethyl adjacent to an activating group) is 1. The summed E-state index contributed by atoms with van der Waals surface area (Å²) in [6.07, 6.45) is 0. The molecule has 0 rings (SSSR count). The van der Waals surface area contributed by atoms with Gasteiger partial charge in [-0.05, 0) is 20.9 Å². The van der Waals surface area contributed by atoms with Crippen molar-refractivity contribution in [3.63, 3.8) is 0 Å². The Morgan fingerprint density at radius 1 is 1.53 bits per heavy atom. The standard InChI is InChI=1S/C10H21NO3S/c1-5-14-9(12)10(2,11-3)8-15-7-6-13-4/h11H,5-8H2,1-4H3. The zero-order chi connectivity index (χ0) is 11.7. The highest BCUT2D eigenvalue weighted by atomic mass is 32.2. The molecule has 0 amide bonds. The number of thioether (sulfide) groups is 1. The van der Waals surface area contributed by atoms with Crippen LogP contribution < -0.4 is 5.32 Å². The highest BCUT2D eigenvalue weighted by molar-refractivity contribution is 7.99. The molecule has 1 N–H and O–H groups in total. The fraction of sp³-hybridized carbons (Fsp3) is 0.900. The SMILES string of the molecule is CCOC(=O)C(C)(CSCCOC)NC. The molecule has 0 heterocycles. The van der Waals surface area contributed by atoms with Crippen LogP contribution in [0.15, 0.2) is 0 Å². The lowest BCUT2D eigenvalue weighted by atomic mass is 10.1. The van der Waals surface area contributed by atoms with E-state index in [9.17, 15) is 4.79 Å². The molecule has 0 saturated heterocycles. The summed E-state index contributed by atoms with van der Waals surface area (Å²) in [7, 11) is 3.44. The highest BCUT2D eigenvalue weighted by Gasteiger charge is 2.32. The zero-order valence-electron chi connectivity index (χ0n) is 9.96. The Balaban J connectivity index is 4.00. The monoisotopic (exact) mass is 235 g/mol. The molecule has 0 aromatic rings. The predicted octanol–water partition coefficient (Wildman–Crippen LogP) is 0.907. The van der Waals surface area contributed by atoms with Crippen molar-refractivity contribution in [2.75, 3.05) is 38.9 Å². The van der Waals surface area contributed by atoms with Crippen LogP contribution in [0.5, 0.6) is 0 Å². The van der Waals surface area contributed by atoms with E-state index in [4.69, 9.17) is 9.47 Å². The molecule has 0 spiro atoms. The molecule has 4 nitrogen and oxygen atoms in total. The van der Waals surface area contributed by atoms with Gasteiger partial charge in [-0.25, -0.2) is 0 Å². The minimum atomic E-state index is -0.603. The molecule has 5 heteroatoms. The lowest BCUT2D eigenvalue weighted by Crippen LogP contribution is -2.51. The summed E-state index contributed by atoms with van der Waals surface area (Å²) in [4.78, 5) is 11.6. The molecule has 0 fully saturated rings. The van der Waals surface area contributed by atoms with Crippen LogP contribution in [0, 0.1) is 0 Å². The molecule has 0 radical (unpaired) electrons. The van der Waals surface area contributed by atoms with E-state index < -0.39 is 5.54 Å². The molecule has 15 heavy (non-hydrogen) atoms. The first-order valence-electron chi connectivity index (χ1n) is 5.03. The molecule has 1 atom stereocenters. The minimum Gasteiger partial charge on any atom is -0.465 e. The molecule has 0 aliphatic heterocycles. The molecular formula is C10H21NO3S. The van der Waals surface area contributed by atoms with Gasteiger partial charge in [-0.15, -0.1) is 0 Å². The van der Waals surface area contributed by atoms with Crippen LogP contribution in [-0.4, -0.2) is 50.4 Å². The summed E-state index contributed by atoms with van der Waals surface area (Å²) in [6, 6.07) is 0. The van der Waals surface area contributed by atoms with Crippen LogP contribution in [0.25, 0.3) is 0 Å². The van der Waals surface area contributed by atoms with Gasteiger partial charge >= 0.3 is 5.97 Å². The average molecular weight is 235 g/mol. The Labute approximate surface area is 96.1 Å². The second kappa shape index (κ2) is 7.96. The summed E-state index contributed by atoms with van der Waals surface area (Å²) in [6.45, 7) is 4.78. The number of carbonyl (C=O) groups is 1. The number of ether oxygens (including phenoxy) is 2. The summed E-state index contributed by atoms with van der Waals surface area (Å²) in [5.41, 5.74) is -0.603. The van der Waals surface area contributed by atoms with Crippen LogP contribution >= 0.6 is 11.8 Å². The van der Waals surface area contributed by atoms with Crippen molar-refractivity contribution in [1.82, 2.24) is 5.32 Å². The topological polar surface area (TPSA) is 47.6 Å². The quantitative estimate of drug-likeness (QED) is 0.500. The normalized spacial score (nSPS) is 14.7. The third-order valence-electron chi connectivity index (χ3n) is 2.10. The van der Waals surface area contributed by atoms with Gasteiger partial charge in [-0.3, -0.25) is 4.79 Å². The fourth-order valence-corrected chi connectivity index (χ4v) is 2.04. The lowest BCUT2D eigenvalue weighted by molar-refractivity contribution is -0.149. The maximum atomic E-state index is 11.6. The van der Waals surface area contributed by atoms with Crippen molar-refractivity contribution >= 4 is 17.7 Å². The smallest absolute Gasteiger partial charge is 0.326 e. The predicted molar refractivity (Wildman–Crippen MR) is 63.3 cm³/mol. The largest absolute Gasteiger partial charge is 0.465 e. The van der Waals surface area contributed by atoms with Gasteiger partial charge in [0.05, 0.1) is 13.2 Å². The number of hydrogen-bond donors (Lipinski definition) is 1. The number of methoxy groups -OCH3 is 1. The molecule has 0 aromatic heterocycles. The summed E-state index contributed by atoms with van der Waals surface area (Å²) >= 11 is 1.68.